The van der Waals surface area contributed by atoms with E-state index >= 15 is 0 Å². The highest BCUT2D eigenvalue weighted by Crippen LogP contribution is 2.48. The van der Waals surface area contributed by atoms with Crippen molar-refractivity contribution in [1.82, 2.24) is 10.6 Å². The fourth-order valence-electron chi connectivity index (χ4n) is 2.70. The number of hydrogen-bond acceptors (Lipinski definition) is 2. The van der Waals surface area contributed by atoms with Gasteiger partial charge in [0.05, 0.1) is 6.61 Å². The number of hydrogen-bond donors (Lipinski definition) is 2. The first kappa shape index (κ1) is 13.7. The topological polar surface area (TPSA) is 45.7 Å². The number of methoxy groups -OCH3 is 1. The van der Waals surface area contributed by atoms with Crippen molar-refractivity contribution >= 4 is 5.96 Å². The highest BCUT2D eigenvalue weighted by atomic mass is 16.5. The Bertz CT molecular complexity index is 273. The van der Waals surface area contributed by atoms with E-state index in [0.29, 0.717) is 12.6 Å². The summed E-state index contributed by atoms with van der Waals surface area (Å²) in [4.78, 5) is 4.28. The molecule has 0 aliphatic heterocycles. The second-order valence-electron chi connectivity index (χ2n) is 5.79. The van der Waals surface area contributed by atoms with Crippen LogP contribution in [0.4, 0.5) is 0 Å². The number of nitrogens with zero attached hydrogens (tertiary/aromatic N) is 1. The molecule has 18 heavy (non-hydrogen) atoms. The van der Waals surface area contributed by atoms with Gasteiger partial charge in [-0.15, -0.1) is 0 Å². The summed E-state index contributed by atoms with van der Waals surface area (Å²) < 4.78 is 5.13. The van der Waals surface area contributed by atoms with Crippen LogP contribution in [0.25, 0.3) is 0 Å². The Morgan fingerprint density at radius 1 is 1.28 bits per heavy atom. The Labute approximate surface area is 111 Å². The highest BCUT2D eigenvalue weighted by molar-refractivity contribution is 5.79. The zero-order chi connectivity index (χ0) is 13.0. The Kier molecular flexibility index (Phi) is 4.87. The van der Waals surface area contributed by atoms with E-state index in [4.69, 9.17) is 4.74 Å². The van der Waals surface area contributed by atoms with E-state index in [1.807, 2.05) is 7.05 Å². The summed E-state index contributed by atoms with van der Waals surface area (Å²) in [5.41, 5.74) is 0. The van der Waals surface area contributed by atoms with Crippen LogP contribution in [0.1, 0.15) is 32.6 Å². The van der Waals surface area contributed by atoms with Gasteiger partial charge in [0.15, 0.2) is 5.96 Å². The molecule has 2 saturated carbocycles. The molecule has 2 aliphatic rings. The lowest BCUT2D eigenvalue weighted by Gasteiger charge is -2.21. The van der Waals surface area contributed by atoms with E-state index in [2.05, 4.69) is 22.5 Å². The molecular weight excluding hydrogens is 226 g/mol. The summed E-state index contributed by atoms with van der Waals surface area (Å²) in [5, 5.41) is 6.84. The molecule has 0 spiro atoms. The SMILES string of the molecule is CN=C(NCC(C1CC1)C1CC1)NC(C)COC. The van der Waals surface area contributed by atoms with Crippen LogP contribution in [0.15, 0.2) is 4.99 Å². The number of ether oxygens (including phenoxy) is 1. The van der Waals surface area contributed by atoms with Gasteiger partial charge in [0.1, 0.15) is 0 Å². The second kappa shape index (κ2) is 6.41. The lowest BCUT2D eigenvalue weighted by molar-refractivity contribution is 0.179. The van der Waals surface area contributed by atoms with E-state index in [1.165, 1.54) is 25.7 Å². The van der Waals surface area contributed by atoms with Crippen molar-refractivity contribution in [2.45, 2.75) is 38.6 Å². The van der Waals surface area contributed by atoms with Gasteiger partial charge in [-0.05, 0) is 50.4 Å². The lowest BCUT2D eigenvalue weighted by atomic mass is 9.98. The van der Waals surface area contributed by atoms with Gasteiger partial charge in [-0.1, -0.05) is 0 Å². The minimum Gasteiger partial charge on any atom is -0.383 e. The third-order valence-corrected chi connectivity index (χ3v) is 3.98. The highest BCUT2D eigenvalue weighted by Gasteiger charge is 2.41. The minimum absolute atomic E-state index is 0.293. The summed E-state index contributed by atoms with van der Waals surface area (Å²) in [7, 11) is 3.56. The van der Waals surface area contributed by atoms with Gasteiger partial charge >= 0.3 is 0 Å². The summed E-state index contributed by atoms with van der Waals surface area (Å²) in [6, 6.07) is 0.293. The number of nitrogens with one attached hydrogen (secondary N) is 2. The predicted molar refractivity (Wildman–Crippen MR) is 74.8 cm³/mol. The molecule has 2 rings (SSSR count). The Hall–Kier alpha value is -0.770. The van der Waals surface area contributed by atoms with E-state index in [-0.39, 0.29) is 0 Å². The molecule has 0 saturated heterocycles. The summed E-state index contributed by atoms with van der Waals surface area (Å²) in [6.07, 6.45) is 5.76. The molecule has 4 nitrogen and oxygen atoms in total. The molecule has 0 amide bonds. The number of guanidine groups is 1. The van der Waals surface area contributed by atoms with Crippen molar-refractivity contribution in [1.29, 1.82) is 0 Å². The fourth-order valence-corrected chi connectivity index (χ4v) is 2.70. The third-order valence-electron chi connectivity index (χ3n) is 3.98. The van der Waals surface area contributed by atoms with E-state index in [0.717, 1.165) is 30.3 Å². The molecule has 0 bridgehead atoms. The molecule has 0 aromatic rings. The quantitative estimate of drug-likeness (QED) is 0.535. The maximum Gasteiger partial charge on any atom is 0.191 e. The van der Waals surface area contributed by atoms with Crippen LogP contribution in [0.3, 0.4) is 0 Å². The molecule has 1 atom stereocenters. The Balaban J connectivity index is 1.72. The van der Waals surface area contributed by atoms with Crippen LogP contribution in [-0.2, 0) is 4.74 Å². The Morgan fingerprint density at radius 3 is 2.33 bits per heavy atom. The van der Waals surface area contributed by atoms with Crippen LogP contribution in [0.5, 0.6) is 0 Å². The van der Waals surface area contributed by atoms with E-state index in [9.17, 15) is 0 Å². The van der Waals surface area contributed by atoms with E-state index in [1.54, 1.807) is 7.11 Å². The first-order chi connectivity index (χ1) is 8.74. The monoisotopic (exact) mass is 253 g/mol. The van der Waals surface area contributed by atoms with Crippen molar-refractivity contribution in [3.63, 3.8) is 0 Å². The van der Waals surface area contributed by atoms with Crippen LogP contribution in [-0.4, -0.2) is 39.3 Å². The van der Waals surface area contributed by atoms with Crippen molar-refractivity contribution in [2.75, 3.05) is 27.3 Å². The molecule has 0 aromatic carbocycles. The fraction of sp³-hybridized carbons (Fsp3) is 0.929. The average molecular weight is 253 g/mol. The maximum atomic E-state index is 5.13. The van der Waals surface area contributed by atoms with Crippen LogP contribution in [0.2, 0.25) is 0 Å². The van der Waals surface area contributed by atoms with Gasteiger partial charge in [-0.2, -0.15) is 0 Å². The maximum absolute atomic E-state index is 5.13. The van der Waals surface area contributed by atoms with Crippen LogP contribution < -0.4 is 10.6 Å². The van der Waals surface area contributed by atoms with Gasteiger partial charge in [-0.3, -0.25) is 4.99 Å². The Morgan fingerprint density at radius 2 is 1.89 bits per heavy atom. The normalized spacial score (nSPS) is 22.1. The van der Waals surface area contributed by atoms with Crippen molar-refractivity contribution in [2.24, 2.45) is 22.7 Å². The van der Waals surface area contributed by atoms with Gasteiger partial charge in [0.25, 0.3) is 0 Å². The zero-order valence-electron chi connectivity index (χ0n) is 11.9. The van der Waals surface area contributed by atoms with Gasteiger partial charge in [-0.25, -0.2) is 0 Å². The lowest BCUT2D eigenvalue weighted by Crippen LogP contribution is -2.45. The van der Waals surface area contributed by atoms with Crippen molar-refractivity contribution in [3.05, 3.63) is 0 Å². The molecule has 0 aromatic heterocycles. The van der Waals surface area contributed by atoms with Gasteiger partial charge < -0.3 is 15.4 Å². The smallest absolute Gasteiger partial charge is 0.191 e. The van der Waals surface area contributed by atoms with Crippen LogP contribution in [0, 0.1) is 17.8 Å². The molecule has 2 fully saturated rings. The van der Waals surface area contributed by atoms with Crippen molar-refractivity contribution in [3.8, 4) is 0 Å². The standard InChI is InChI=1S/C14H27N3O/c1-10(9-18-3)17-14(15-2)16-8-13(11-4-5-11)12-6-7-12/h10-13H,4-9H2,1-3H3,(H2,15,16,17). The molecule has 1 unspecified atom stereocenters. The molecular formula is C14H27N3O. The predicted octanol–water partition coefficient (Wildman–Crippen LogP) is 1.62. The summed E-state index contributed by atoms with van der Waals surface area (Å²) >= 11 is 0. The number of aliphatic imine (C=N–C) groups is 1. The van der Waals surface area contributed by atoms with Crippen LogP contribution >= 0.6 is 0 Å². The first-order valence-corrected chi connectivity index (χ1v) is 7.20. The molecule has 2 aliphatic carbocycles. The molecule has 4 heteroatoms. The molecule has 0 radical (unpaired) electrons. The zero-order valence-corrected chi connectivity index (χ0v) is 11.9. The molecule has 104 valence electrons. The average Bonchev–Trinajstić information content (AvgIpc) is 3.21. The minimum atomic E-state index is 0.293. The van der Waals surface area contributed by atoms with E-state index < -0.39 is 0 Å². The molecule has 2 N–H and O–H groups in total. The molecule has 0 heterocycles. The summed E-state index contributed by atoms with van der Waals surface area (Å²) in [5.74, 6) is 3.76. The number of rotatable bonds is 7. The van der Waals surface area contributed by atoms with Crippen molar-refractivity contribution < 1.29 is 4.74 Å². The summed E-state index contributed by atoms with van der Waals surface area (Å²) in [6.45, 7) is 3.89. The second-order valence-corrected chi connectivity index (χ2v) is 5.79. The van der Waals surface area contributed by atoms with Gasteiger partial charge in [0.2, 0.25) is 0 Å². The first-order valence-electron chi connectivity index (χ1n) is 7.20. The van der Waals surface area contributed by atoms with Gasteiger partial charge in [0, 0.05) is 26.7 Å². The third kappa shape index (κ3) is 4.16. The largest absolute Gasteiger partial charge is 0.383 e.